The third-order valence-electron chi connectivity index (χ3n) is 2.91. The molecule has 0 N–H and O–H groups in total. The molecule has 1 aromatic carbocycles. The Morgan fingerprint density at radius 3 is 3.00 bits per heavy atom. The number of carbonyl (C=O) groups excluding carboxylic acids is 1. The van der Waals surface area contributed by atoms with E-state index < -0.39 is 5.67 Å². The summed E-state index contributed by atoms with van der Waals surface area (Å²) < 4.78 is 19.2. The summed E-state index contributed by atoms with van der Waals surface area (Å²) in [6.07, 6.45) is 0.769. The smallest absolute Gasteiger partial charge is 0.159 e. The number of hydrogen-bond donors (Lipinski definition) is 0. The molecule has 0 saturated carbocycles. The summed E-state index contributed by atoms with van der Waals surface area (Å²) in [4.78, 5) is 11.2. The quantitative estimate of drug-likeness (QED) is 0.735. The lowest BCUT2D eigenvalue weighted by Gasteiger charge is -2.17. The van der Waals surface area contributed by atoms with Crippen molar-refractivity contribution in [2.45, 2.75) is 25.4 Å². The van der Waals surface area contributed by atoms with Crippen molar-refractivity contribution < 1.29 is 13.9 Å². The van der Waals surface area contributed by atoms with Crippen molar-refractivity contribution in [2.24, 2.45) is 0 Å². The van der Waals surface area contributed by atoms with Crippen molar-refractivity contribution in [3.8, 4) is 0 Å². The molecule has 1 aliphatic heterocycles. The maximum absolute atomic E-state index is 14.1. The zero-order valence-corrected chi connectivity index (χ0v) is 9.33. The van der Waals surface area contributed by atoms with Gasteiger partial charge in [-0.05, 0) is 18.6 Å². The molecule has 0 aliphatic carbocycles. The van der Waals surface area contributed by atoms with E-state index in [-0.39, 0.29) is 12.4 Å². The second kappa shape index (κ2) is 4.34. The topological polar surface area (TPSA) is 26.3 Å². The van der Waals surface area contributed by atoms with Crippen LogP contribution in [0.1, 0.15) is 29.3 Å². The normalized spacial score (nSPS) is 24.6. The maximum Gasteiger partial charge on any atom is 0.159 e. The van der Waals surface area contributed by atoms with E-state index in [4.69, 9.17) is 4.74 Å². The van der Waals surface area contributed by atoms with Crippen molar-refractivity contribution in [1.29, 1.82) is 0 Å². The largest absolute Gasteiger partial charge is 0.378 e. The zero-order valence-electron chi connectivity index (χ0n) is 9.33. The lowest BCUT2D eigenvalue weighted by molar-refractivity contribution is 0.101. The Labute approximate surface area is 94.4 Å². The summed E-state index contributed by atoms with van der Waals surface area (Å²) in [6, 6.07) is 7.17. The number of Topliss-reactive ketones (excluding diaryl/α,β-unsaturated/α-hetero) is 1. The van der Waals surface area contributed by atoms with Gasteiger partial charge in [-0.25, -0.2) is 4.39 Å². The van der Waals surface area contributed by atoms with E-state index in [9.17, 15) is 9.18 Å². The molecule has 0 spiro atoms. The molecule has 16 heavy (non-hydrogen) atoms. The number of carbonyl (C=O) groups is 1. The molecular formula is C13H15FO2. The zero-order chi connectivity index (χ0) is 11.6. The van der Waals surface area contributed by atoms with E-state index in [1.54, 1.807) is 18.2 Å². The number of ketones is 1. The van der Waals surface area contributed by atoms with Crippen molar-refractivity contribution >= 4 is 5.78 Å². The van der Waals surface area contributed by atoms with Gasteiger partial charge in [0.2, 0.25) is 0 Å². The predicted molar refractivity (Wildman–Crippen MR) is 59.4 cm³/mol. The fraction of sp³-hybridized carbons (Fsp3) is 0.462. The van der Waals surface area contributed by atoms with E-state index in [0.29, 0.717) is 25.0 Å². The SMILES string of the molecule is CC(=O)c1cccc(CC2(F)CCOC2)c1. The molecule has 1 aromatic rings. The minimum atomic E-state index is -1.25. The first-order valence-corrected chi connectivity index (χ1v) is 5.46. The summed E-state index contributed by atoms with van der Waals surface area (Å²) in [5.41, 5.74) is 0.246. The Balaban J connectivity index is 2.15. The molecule has 1 heterocycles. The van der Waals surface area contributed by atoms with Crippen LogP contribution in [0.15, 0.2) is 24.3 Å². The minimum Gasteiger partial charge on any atom is -0.378 e. The van der Waals surface area contributed by atoms with Gasteiger partial charge in [0.15, 0.2) is 5.78 Å². The first-order chi connectivity index (χ1) is 7.59. The van der Waals surface area contributed by atoms with Crippen LogP contribution in [0.25, 0.3) is 0 Å². The van der Waals surface area contributed by atoms with Crippen molar-refractivity contribution in [1.82, 2.24) is 0 Å². The first kappa shape index (κ1) is 11.3. The Kier molecular flexibility index (Phi) is 3.06. The standard InChI is InChI=1S/C13H15FO2/c1-10(15)12-4-2-3-11(7-12)8-13(14)5-6-16-9-13/h2-4,7H,5-6,8-9H2,1H3. The number of benzene rings is 1. The van der Waals surface area contributed by atoms with Crippen LogP contribution in [0.5, 0.6) is 0 Å². The molecule has 1 saturated heterocycles. The summed E-state index contributed by atoms with van der Waals surface area (Å²) in [6.45, 7) is 2.17. The monoisotopic (exact) mass is 222 g/mol. The van der Waals surface area contributed by atoms with E-state index >= 15 is 0 Å². The number of rotatable bonds is 3. The van der Waals surface area contributed by atoms with Crippen LogP contribution in [0.3, 0.4) is 0 Å². The molecule has 1 atom stereocenters. The molecule has 1 unspecified atom stereocenters. The van der Waals surface area contributed by atoms with E-state index in [2.05, 4.69) is 0 Å². The highest BCUT2D eigenvalue weighted by Crippen LogP contribution is 2.27. The van der Waals surface area contributed by atoms with Crippen molar-refractivity contribution in [3.05, 3.63) is 35.4 Å². The van der Waals surface area contributed by atoms with Crippen LogP contribution < -0.4 is 0 Å². The number of hydrogen-bond acceptors (Lipinski definition) is 2. The van der Waals surface area contributed by atoms with Crippen LogP contribution in [0, 0.1) is 0 Å². The van der Waals surface area contributed by atoms with Gasteiger partial charge in [-0.1, -0.05) is 18.2 Å². The first-order valence-electron chi connectivity index (χ1n) is 5.46. The molecule has 2 rings (SSSR count). The summed E-state index contributed by atoms with van der Waals surface area (Å²) in [5.74, 6) is 0.0115. The second-order valence-corrected chi connectivity index (χ2v) is 4.39. The Bertz CT molecular complexity index is 395. The summed E-state index contributed by atoms with van der Waals surface area (Å²) in [7, 11) is 0. The van der Waals surface area contributed by atoms with E-state index in [1.165, 1.54) is 6.92 Å². The van der Waals surface area contributed by atoms with Gasteiger partial charge in [-0.2, -0.15) is 0 Å². The Hall–Kier alpha value is -1.22. The second-order valence-electron chi connectivity index (χ2n) is 4.39. The van der Waals surface area contributed by atoms with E-state index in [0.717, 1.165) is 5.56 Å². The molecule has 0 bridgehead atoms. The van der Waals surface area contributed by atoms with Crippen LogP contribution in [-0.2, 0) is 11.2 Å². The fourth-order valence-electron chi connectivity index (χ4n) is 1.99. The molecule has 0 radical (unpaired) electrons. The lowest BCUT2D eigenvalue weighted by atomic mass is 9.94. The van der Waals surface area contributed by atoms with Gasteiger partial charge < -0.3 is 4.74 Å². The highest BCUT2D eigenvalue weighted by Gasteiger charge is 2.34. The van der Waals surface area contributed by atoms with Crippen LogP contribution in [-0.4, -0.2) is 24.7 Å². The average Bonchev–Trinajstić information content (AvgIpc) is 2.65. The lowest BCUT2D eigenvalue weighted by Crippen LogP contribution is -2.25. The van der Waals surface area contributed by atoms with Gasteiger partial charge in [0.1, 0.15) is 5.67 Å². The maximum atomic E-state index is 14.1. The average molecular weight is 222 g/mol. The number of alkyl halides is 1. The van der Waals surface area contributed by atoms with Gasteiger partial charge in [-0.3, -0.25) is 4.79 Å². The van der Waals surface area contributed by atoms with Crippen molar-refractivity contribution in [2.75, 3.05) is 13.2 Å². The third kappa shape index (κ3) is 2.47. The van der Waals surface area contributed by atoms with Gasteiger partial charge in [0.05, 0.1) is 6.61 Å². The number of halogens is 1. The van der Waals surface area contributed by atoms with Gasteiger partial charge in [0.25, 0.3) is 0 Å². The molecular weight excluding hydrogens is 207 g/mol. The molecule has 0 aromatic heterocycles. The number of ether oxygens (including phenoxy) is 1. The molecule has 1 fully saturated rings. The van der Waals surface area contributed by atoms with Gasteiger partial charge >= 0.3 is 0 Å². The molecule has 0 amide bonds. The highest BCUT2D eigenvalue weighted by atomic mass is 19.1. The van der Waals surface area contributed by atoms with Crippen molar-refractivity contribution in [3.63, 3.8) is 0 Å². The highest BCUT2D eigenvalue weighted by molar-refractivity contribution is 5.94. The van der Waals surface area contributed by atoms with Crippen LogP contribution >= 0.6 is 0 Å². The molecule has 86 valence electrons. The molecule has 2 nitrogen and oxygen atoms in total. The Morgan fingerprint density at radius 2 is 2.38 bits per heavy atom. The summed E-state index contributed by atoms with van der Waals surface area (Å²) >= 11 is 0. The molecule has 3 heteroatoms. The van der Waals surface area contributed by atoms with Gasteiger partial charge in [-0.15, -0.1) is 0 Å². The predicted octanol–water partition coefficient (Wildman–Crippen LogP) is 2.56. The van der Waals surface area contributed by atoms with Crippen LogP contribution in [0.4, 0.5) is 4.39 Å². The minimum absolute atomic E-state index is 0.0115. The Morgan fingerprint density at radius 1 is 1.56 bits per heavy atom. The molecule has 1 aliphatic rings. The van der Waals surface area contributed by atoms with E-state index in [1.807, 2.05) is 6.07 Å². The summed E-state index contributed by atoms with van der Waals surface area (Å²) in [5, 5.41) is 0. The third-order valence-corrected chi connectivity index (χ3v) is 2.91. The van der Waals surface area contributed by atoms with Crippen LogP contribution in [0.2, 0.25) is 0 Å². The van der Waals surface area contributed by atoms with Gasteiger partial charge in [0, 0.05) is 25.0 Å². The fourth-order valence-corrected chi connectivity index (χ4v) is 1.99.